The highest BCUT2D eigenvalue weighted by Crippen LogP contribution is 2.08. The Morgan fingerprint density at radius 3 is 2.37 bits per heavy atom. The summed E-state index contributed by atoms with van der Waals surface area (Å²) >= 11 is 0. The second kappa shape index (κ2) is 6.18. The fourth-order valence-electron chi connectivity index (χ4n) is 1.55. The molecule has 0 saturated heterocycles. The molecule has 0 amide bonds. The number of carbonyl (C=O) groups excluding carboxylic acids is 1. The molecule has 2 aromatic carbocycles. The van der Waals surface area contributed by atoms with E-state index in [0.717, 1.165) is 5.69 Å². The third kappa shape index (κ3) is 3.55. The third-order valence-corrected chi connectivity index (χ3v) is 2.56. The van der Waals surface area contributed by atoms with Crippen molar-refractivity contribution in [2.24, 2.45) is 0 Å². The molecule has 0 spiro atoms. The number of ketones is 1. The Balaban J connectivity index is 1.96. The fourth-order valence-corrected chi connectivity index (χ4v) is 1.55. The van der Waals surface area contributed by atoms with Gasteiger partial charge in [0.25, 0.3) is 0 Å². The molecule has 2 aromatic rings. The Kier molecular flexibility index (Phi) is 4.09. The maximum atomic E-state index is 11.8. The predicted molar refractivity (Wildman–Crippen MR) is 74.7 cm³/mol. The zero-order valence-corrected chi connectivity index (χ0v) is 10.2. The van der Waals surface area contributed by atoms with E-state index >= 15 is 0 Å². The van der Waals surface area contributed by atoms with Crippen molar-refractivity contribution in [3.63, 3.8) is 0 Å². The minimum absolute atomic E-state index is 0.0539. The standard InChI is InChI=1S/C16H12N2O/c17-12-13-6-8-15(9-7-13)18-11-10-16(19)14-4-2-1-3-5-14/h1-11,18H/b11-10-. The number of nitriles is 1. The lowest BCUT2D eigenvalue weighted by molar-refractivity contribution is 0.104. The van der Waals surface area contributed by atoms with Crippen LogP contribution >= 0.6 is 0 Å². The normalized spacial score (nSPS) is 10.1. The minimum atomic E-state index is -0.0539. The Morgan fingerprint density at radius 2 is 1.74 bits per heavy atom. The van der Waals surface area contributed by atoms with Gasteiger partial charge in [0.2, 0.25) is 0 Å². The highest BCUT2D eigenvalue weighted by Gasteiger charge is 1.98. The number of anilines is 1. The minimum Gasteiger partial charge on any atom is -0.362 e. The molecule has 0 heterocycles. The number of benzene rings is 2. The number of nitrogens with zero attached hydrogens (tertiary/aromatic N) is 1. The molecule has 0 bridgehead atoms. The summed E-state index contributed by atoms with van der Waals surface area (Å²) in [5.41, 5.74) is 2.09. The van der Waals surface area contributed by atoms with Gasteiger partial charge in [0, 0.05) is 23.5 Å². The number of allylic oxidation sites excluding steroid dienone is 1. The molecule has 19 heavy (non-hydrogen) atoms. The molecule has 2 rings (SSSR count). The van der Waals surface area contributed by atoms with Gasteiger partial charge in [0.15, 0.2) is 5.78 Å². The smallest absolute Gasteiger partial charge is 0.187 e. The summed E-state index contributed by atoms with van der Waals surface area (Å²) in [5, 5.41) is 11.7. The molecule has 0 aliphatic carbocycles. The SMILES string of the molecule is N#Cc1ccc(N/C=C\C(=O)c2ccccc2)cc1. The van der Waals surface area contributed by atoms with E-state index in [0.29, 0.717) is 11.1 Å². The van der Waals surface area contributed by atoms with E-state index < -0.39 is 0 Å². The summed E-state index contributed by atoms with van der Waals surface area (Å²) in [4.78, 5) is 11.8. The first kappa shape index (κ1) is 12.6. The molecule has 3 heteroatoms. The summed E-state index contributed by atoms with van der Waals surface area (Å²) in [6.07, 6.45) is 3.07. The van der Waals surface area contributed by atoms with Crippen LogP contribution in [0.2, 0.25) is 0 Å². The molecule has 0 radical (unpaired) electrons. The van der Waals surface area contributed by atoms with E-state index in [-0.39, 0.29) is 5.78 Å². The number of carbonyl (C=O) groups is 1. The van der Waals surface area contributed by atoms with E-state index in [1.165, 1.54) is 6.08 Å². The van der Waals surface area contributed by atoms with Gasteiger partial charge in [0.05, 0.1) is 11.6 Å². The van der Waals surface area contributed by atoms with Crippen molar-refractivity contribution in [2.75, 3.05) is 5.32 Å². The highest BCUT2D eigenvalue weighted by atomic mass is 16.1. The van der Waals surface area contributed by atoms with Gasteiger partial charge >= 0.3 is 0 Å². The van der Waals surface area contributed by atoms with E-state index in [1.807, 2.05) is 18.2 Å². The monoisotopic (exact) mass is 248 g/mol. The van der Waals surface area contributed by atoms with Crippen LogP contribution in [0.5, 0.6) is 0 Å². The molecule has 0 aliphatic rings. The highest BCUT2D eigenvalue weighted by molar-refractivity contribution is 6.04. The van der Waals surface area contributed by atoms with Gasteiger partial charge in [-0.25, -0.2) is 0 Å². The lowest BCUT2D eigenvalue weighted by Gasteiger charge is -2.00. The van der Waals surface area contributed by atoms with Gasteiger partial charge in [-0.3, -0.25) is 4.79 Å². The molecular formula is C16H12N2O. The summed E-state index contributed by atoms with van der Waals surface area (Å²) in [6.45, 7) is 0. The summed E-state index contributed by atoms with van der Waals surface area (Å²) in [5.74, 6) is -0.0539. The second-order valence-corrected chi connectivity index (χ2v) is 3.90. The molecule has 0 saturated carbocycles. The number of nitrogens with one attached hydrogen (secondary N) is 1. The molecule has 0 fully saturated rings. The lowest BCUT2D eigenvalue weighted by Crippen LogP contribution is -1.95. The van der Waals surface area contributed by atoms with Gasteiger partial charge in [0.1, 0.15) is 0 Å². The van der Waals surface area contributed by atoms with Gasteiger partial charge in [-0.2, -0.15) is 5.26 Å². The van der Waals surface area contributed by atoms with Crippen molar-refractivity contribution >= 4 is 11.5 Å². The zero-order chi connectivity index (χ0) is 13.5. The van der Waals surface area contributed by atoms with E-state index in [2.05, 4.69) is 11.4 Å². The number of hydrogen-bond acceptors (Lipinski definition) is 3. The van der Waals surface area contributed by atoms with Crippen LogP contribution in [0.3, 0.4) is 0 Å². The molecule has 0 aliphatic heterocycles. The molecule has 3 nitrogen and oxygen atoms in total. The van der Waals surface area contributed by atoms with Crippen LogP contribution in [-0.4, -0.2) is 5.78 Å². The van der Waals surface area contributed by atoms with Crippen molar-refractivity contribution in [2.45, 2.75) is 0 Å². The van der Waals surface area contributed by atoms with Crippen LogP contribution in [-0.2, 0) is 0 Å². The number of hydrogen-bond donors (Lipinski definition) is 1. The average molecular weight is 248 g/mol. The summed E-state index contributed by atoms with van der Waals surface area (Å²) < 4.78 is 0. The van der Waals surface area contributed by atoms with Gasteiger partial charge in [-0.1, -0.05) is 30.3 Å². The maximum Gasteiger partial charge on any atom is 0.187 e. The van der Waals surface area contributed by atoms with Crippen LogP contribution in [0.4, 0.5) is 5.69 Å². The van der Waals surface area contributed by atoms with Gasteiger partial charge < -0.3 is 5.32 Å². The topological polar surface area (TPSA) is 52.9 Å². The molecule has 1 N–H and O–H groups in total. The molecular weight excluding hydrogens is 236 g/mol. The van der Waals surface area contributed by atoms with Crippen molar-refractivity contribution in [3.8, 4) is 6.07 Å². The molecule has 0 atom stereocenters. The van der Waals surface area contributed by atoms with Crippen molar-refractivity contribution < 1.29 is 4.79 Å². The molecule has 92 valence electrons. The summed E-state index contributed by atoms with van der Waals surface area (Å²) in [7, 11) is 0. The quantitative estimate of drug-likeness (QED) is 0.666. The first-order valence-corrected chi connectivity index (χ1v) is 5.82. The first-order valence-electron chi connectivity index (χ1n) is 5.82. The van der Waals surface area contributed by atoms with Crippen molar-refractivity contribution in [1.82, 2.24) is 0 Å². The van der Waals surface area contributed by atoms with Crippen LogP contribution in [0.25, 0.3) is 0 Å². The van der Waals surface area contributed by atoms with E-state index in [1.54, 1.807) is 42.6 Å². The van der Waals surface area contributed by atoms with Crippen LogP contribution < -0.4 is 5.32 Å². The van der Waals surface area contributed by atoms with Crippen molar-refractivity contribution in [3.05, 3.63) is 78.0 Å². The van der Waals surface area contributed by atoms with Gasteiger partial charge in [-0.05, 0) is 24.3 Å². The zero-order valence-electron chi connectivity index (χ0n) is 10.2. The largest absolute Gasteiger partial charge is 0.362 e. The van der Waals surface area contributed by atoms with Gasteiger partial charge in [-0.15, -0.1) is 0 Å². The van der Waals surface area contributed by atoms with Crippen LogP contribution in [0.15, 0.2) is 66.9 Å². The Labute approximate surface area is 111 Å². The Hall–Kier alpha value is -2.86. The maximum absolute atomic E-state index is 11.8. The molecule has 0 aromatic heterocycles. The average Bonchev–Trinajstić information content (AvgIpc) is 2.49. The van der Waals surface area contributed by atoms with Crippen LogP contribution in [0.1, 0.15) is 15.9 Å². The third-order valence-electron chi connectivity index (χ3n) is 2.56. The summed E-state index contributed by atoms with van der Waals surface area (Å²) in [6, 6.07) is 18.1. The van der Waals surface area contributed by atoms with Crippen molar-refractivity contribution in [1.29, 1.82) is 5.26 Å². The first-order chi connectivity index (χ1) is 9.29. The Bertz CT molecular complexity index is 622. The van der Waals surface area contributed by atoms with E-state index in [9.17, 15) is 4.79 Å². The number of rotatable bonds is 4. The predicted octanol–water partition coefficient (Wildman–Crippen LogP) is 3.37. The fraction of sp³-hybridized carbons (Fsp3) is 0. The van der Waals surface area contributed by atoms with E-state index in [4.69, 9.17) is 5.26 Å². The second-order valence-electron chi connectivity index (χ2n) is 3.90. The lowest BCUT2D eigenvalue weighted by atomic mass is 10.1. The molecule has 0 unspecified atom stereocenters. The van der Waals surface area contributed by atoms with Crippen LogP contribution in [0, 0.1) is 11.3 Å². The Morgan fingerprint density at radius 1 is 1.05 bits per heavy atom.